The van der Waals surface area contributed by atoms with Gasteiger partial charge in [-0.1, -0.05) is 19.3 Å². The maximum atomic E-state index is 11.0. The van der Waals surface area contributed by atoms with Crippen LogP contribution in [0.3, 0.4) is 0 Å². The summed E-state index contributed by atoms with van der Waals surface area (Å²) in [5.41, 5.74) is 0. The maximum absolute atomic E-state index is 11.0. The number of carboxylic acid groups (broad SMARTS) is 1. The molecule has 0 radical (unpaired) electrons. The van der Waals surface area contributed by atoms with E-state index in [9.17, 15) is 9.59 Å². The number of carbonyl (C=O) groups is 2. The first-order chi connectivity index (χ1) is 8.50. The Morgan fingerprint density at radius 1 is 1.28 bits per heavy atom. The van der Waals surface area contributed by atoms with Crippen molar-refractivity contribution in [3.63, 3.8) is 0 Å². The van der Waals surface area contributed by atoms with Gasteiger partial charge >= 0.3 is 5.97 Å². The molecule has 5 nitrogen and oxygen atoms in total. The van der Waals surface area contributed by atoms with Crippen LogP contribution in [0.4, 0.5) is 0 Å². The van der Waals surface area contributed by atoms with Gasteiger partial charge in [0.1, 0.15) is 6.04 Å². The van der Waals surface area contributed by atoms with E-state index in [1.165, 1.54) is 39.0 Å². The number of nitrogens with one attached hydrogen (secondary N) is 2. The van der Waals surface area contributed by atoms with Gasteiger partial charge in [0.2, 0.25) is 5.91 Å². The smallest absolute Gasteiger partial charge is 0.327 e. The molecule has 1 aliphatic carbocycles. The molecule has 1 saturated carbocycles. The van der Waals surface area contributed by atoms with Crippen molar-refractivity contribution in [3.05, 3.63) is 0 Å². The van der Waals surface area contributed by atoms with Crippen LogP contribution in [-0.2, 0) is 9.59 Å². The first-order valence-electron chi connectivity index (χ1n) is 6.74. The topological polar surface area (TPSA) is 78.4 Å². The van der Waals surface area contributed by atoms with Gasteiger partial charge in [0.15, 0.2) is 0 Å². The molecule has 1 unspecified atom stereocenters. The van der Waals surface area contributed by atoms with Crippen LogP contribution >= 0.6 is 0 Å². The van der Waals surface area contributed by atoms with Crippen LogP contribution in [0.5, 0.6) is 0 Å². The second-order valence-corrected chi connectivity index (χ2v) is 5.19. The lowest BCUT2D eigenvalue weighted by atomic mass is 9.84. The molecule has 1 fully saturated rings. The van der Waals surface area contributed by atoms with Crippen LogP contribution in [0, 0.1) is 5.92 Å². The van der Waals surface area contributed by atoms with Gasteiger partial charge in [-0.15, -0.1) is 0 Å². The summed E-state index contributed by atoms with van der Waals surface area (Å²) in [6, 6.07) is -0.533. The Hall–Kier alpha value is -1.10. The minimum atomic E-state index is -0.992. The lowest BCUT2D eigenvalue weighted by Crippen LogP contribution is -2.49. The summed E-state index contributed by atoms with van der Waals surface area (Å²) in [5, 5.41) is 14.7. The second kappa shape index (κ2) is 7.36. The first kappa shape index (κ1) is 15.0. The van der Waals surface area contributed by atoms with Crippen LogP contribution < -0.4 is 10.6 Å². The van der Waals surface area contributed by atoms with Crippen LogP contribution in [0.25, 0.3) is 0 Å². The van der Waals surface area contributed by atoms with E-state index in [0.29, 0.717) is 12.0 Å². The molecule has 0 aromatic carbocycles. The van der Waals surface area contributed by atoms with Crippen molar-refractivity contribution < 1.29 is 14.7 Å². The summed E-state index contributed by atoms with van der Waals surface area (Å²) in [6.07, 6.45) is 6.28. The summed E-state index contributed by atoms with van der Waals surface area (Å²) in [7, 11) is 0. The van der Waals surface area contributed by atoms with E-state index in [0.717, 1.165) is 0 Å². The highest BCUT2D eigenvalue weighted by Gasteiger charge is 2.23. The molecule has 0 aromatic heterocycles. The van der Waals surface area contributed by atoms with E-state index in [1.807, 2.05) is 0 Å². The van der Waals surface area contributed by atoms with Crippen molar-refractivity contribution in [1.29, 1.82) is 0 Å². The minimum Gasteiger partial charge on any atom is -0.480 e. The standard InChI is InChI=1S/C13H24N2O3/c1-9(11-6-4-3-5-7-11)14-8-12(13(17)18)15-10(2)16/h9,11-12,14H,3-8H2,1-2H3,(H,15,16)(H,17,18)/t9-,12?/m1/s1. The lowest BCUT2D eigenvalue weighted by molar-refractivity contribution is -0.141. The van der Waals surface area contributed by atoms with E-state index in [2.05, 4.69) is 17.6 Å². The number of aliphatic carboxylic acids is 1. The van der Waals surface area contributed by atoms with Crippen LogP contribution in [0.1, 0.15) is 46.0 Å². The molecule has 0 aromatic rings. The average Bonchev–Trinajstić information content (AvgIpc) is 2.34. The Morgan fingerprint density at radius 3 is 2.39 bits per heavy atom. The van der Waals surface area contributed by atoms with Gasteiger partial charge < -0.3 is 15.7 Å². The molecule has 18 heavy (non-hydrogen) atoms. The van der Waals surface area contributed by atoms with Gasteiger partial charge in [0.25, 0.3) is 0 Å². The quantitative estimate of drug-likeness (QED) is 0.666. The predicted octanol–water partition coefficient (Wildman–Crippen LogP) is 1.13. The molecule has 0 heterocycles. The Balaban J connectivity index is 2.35. The lowest BCUT2D eigenvalue weighted by Gasteiger charge is -2.29. The van der Waals surface area contributed by atoms with E-state index in [1.54, 1.807) is 0 Å². The van der Waals surface area contributed by atoms with Crippen molar-refractivity contribution in [3.8, 4) is 0 Å². The normalized spacial score (nSPS) is 20.1. The van der Waals surface area contributed by atoms with Crippen LogP contribution in [0.15, 0.2) is 0 Å². The monoisotopic (exact) mass is 256 g/mol. The molecule has 0 bridgehead atoms. The zero-order chi connectivity index (χ0) is 13.5. The largest absolute Gasteiger partial charge is 0.480 e. The molecule has 2 atom stereocenters. The summed E-state index contributed by atoms with van der Waals surface area (Å²) in [4.78, 5) is 21.9. The average molecular weight is 256 g/mol. The van der Waals surface area contributed by atoms with Crippen molar-refractivity contribution in [2.75, 3.05) is 6.54 Å². The third-order valence-electron chi connectivity index (χ3n) is 3.68. The number of hydrogen-bond donors (Lipinski definition) is 3. The van der Waals surface area contributed by atoms with Crippen molar-refractivity contribution in [1.82, 2.24) is 10.6 Å². The van der Waals surface area contributed by atoms with Crippen LogP contribution in [-0.4, -0.2) is 35.6 Å². The van der Waals surface area contributed by atoms with Gasteiger partial charge in [-0.25, -0.2) is 4.79 Å². The van der Waals surface area contributed by atoms with Crippen molar-refractivity contribution in [2.24, 2.45) is 5.92 Å². The number of amides is 1. The first-order valence-corrected chi connectivity index (χ1v) is 6.74. The van der Waals surface area contributed by atoms with Gasteiger partial charge in [-0.2, -0.15) is 0 Å². The zero-order valence-corrected chi connectivity index (χ0v) is 11.2. The number of hydrogen-bond acceptors (Lipinski definition) is 3. The fourth-order valence-electron chi connectivity index (χ4n) is 2.55. The van der Waals surface area contributed by atoms with Gasteiger partial charge in [0.05, 0.1) is 0 Å². The van der Waals surface area contributed by atoms with E-state index >= 15 is 0 Å². The fraction of sp³-hybridized carbons (Fsp3) is 0.846. The molecular formula is C13H24N2O3. The van der Waals surface area contributed by atoms with Crippen LogP contribution in [0.2, 0.25) is 0 Å². The third-order valence-corrected chi connectivity index (χ3v) is 3.68. The number of rotatable bonds is 6. The van der Waals surface area contributed by atoms with E-state index in [4.69, 9.17) is 5.11 Å². The number of carbonyl (C=O) groups excluding carboxylic acids is 1. The molecule has 3 N–H and O–H groups in total. The summed E-state index contributed by atoms with van der Waals surface area (Å²) < 4.78 is 0. The SMILES string of the molecule is CC(=O)NC(CN[C@H](C)C1CCCCC1)C(=O)O. The molecular weight excluding hydrogens is 232 g/mol. The molecule has 0 spiro atoms. The van der Waals surface area contributed by atoms with Crippen molar-refractivity contribution in [2.45, 2.75) is 58.0 Å². The molecule has 104 valence electrons. The van der Waals surface area contributed by atoms with E-state index < -0.39 is 12.0 Å². The summed E-state index contributed by atoms with van der Waals surface area (Å²) >= 11 is 0. The highest BCUT2D eigenvalue weighted by atomic mass is 16.4. The summed E-state index contributed by atoms with van der Waals surface area (Å²) in [6.45, 7) is 3.72. The Bertz CT molecular complexity index is 288. The fourth-order valence-corrected chi connectivity index (χ4v) is 2.55. The highest BCUT2D eigenvalue weighted by molar-refractivity contribution is 5.82. The molecule has 0 aliphatic heterocycles. The maximum Gasteiger partial charge on any atom is 0.327 e. The molecule has 1 aliphatic rings. The second-order valence-electron chi connectivity index (χ2n) is 5.19. The van der Waals surface area contributed by atoms with Crippen molar-refractivity contribution >= 4 is 11.9 Å². The van der Waals surface area contributed by atoms with E-state index in [-0.39, 0.29) is 12.5 Å². The molecule has 5 heteroatoms. The molecule has 1 amide bonds. The Labute approximate surface area is 108 Å². The highest BCUT2D eigenvalue weighted by Crippen LogP contribution is 2.26. The number of carboxylic acids is 1. The van der Waals surface area contributed by atoms with Gasteiger partial charge in [-0.05, 0) is 25.7 Å². The predicted molar refractivity (Wildman–Crippen MR) is 69.3 cm³/mol. The Kier molecular flexibility index (Phi) is 6.12. The van der Waals surface area contributed by atoms with Gasteiger partial charge in [-0.3, -0.25) is 4.79 Å². The Morgan fingerprint density at radius 2 is 1.89 bits per heavy atom. The molecule has 0 saturated heterocycles. The molecule has 1 rings (SSSR count). The zero-order valence-electron chi connectivity index (χ0n) is 11.2. The van der Waals surface area contributed by atoms with Gasteiger partial charge in [0, 0.05) is 19.5 Å². The summed E-state index contributed by atoms with van der Waals surface area (Å²) in [5.74, 6) is -0.673. The minimum absolute atomic E-state index is 0.284. The third kappa shape index (κ3) is 5.04.